The average Bonchev–Trinajstić information content (AvgIpc) is 2.91. The SMILES string of the molecule is COc1cccc2c1C(=O)c1c(O)c3c(c(O)c1C2=O)CC(O)(CCO)CC3OC1CC(NC(C)=O)C(O)C(C)O1. The van der Waals surface area contributed by atoms with Crippen LogP contribution in [0.1, 0.15) is 82.2 Å². The van der Waals surface area contributed by atoms with Gasteiger partial charge in [-0.15, -0.1) is 0 Å². The van der Waals surface area contributed by atoms with Gasteiger partial charge in [-0.25, -0.2) is 0 Å². The predicted octanol–water partition coefficient (Wildman–Crippen LogP) is 1.000. The third-order valence-electron chi connectivity index (χ3n) is 8.14. The number of aliphatic hydroxyl groups excluding tert-OH is 2. The zero-order valence-corrected chi connectivity index (χ0v) is 22.8. The summed E-state index contributed by atoms with van der Waals surface area (Å²) >= 11 is 0. The summed E-state index contributed by atoms with van der Waals surface area (Å²) in [5.74, 6) is -2.83. The lowest BCUT2D eigenvalue weighted by Crippen LogP contribution is -2.55. The van der Waals surface area contributed by atoms with E-state index in [4.69, 9.17) is 14.2 Å². The monoisotopic (exact) mass is 571 g/mol. The second-order valence-electron chi connectivity index (χ2n) is 10.9. The molecule has 12 nitrogen and oxygen atoms in total. The summed E-state index contributed by atoms with van der Waals surface area (Å²) in [5.41, 5.74) is -2.46. The number of carbonyl (C=O) groups excluding carboxylic acids is 3. The molecule has 2 aliphatic carbocycles. The summed E-state index contributed by atoms with van der Waals surface area (Å²) in [4.78, 5) is 39.0. The Bertz CT molecular complexity index is 1420. The lowest BCUT2D eigenvalue weighted by atomic mass is 9.72. The van der Waals surface area contributed by atoms with Crippen LogP contribution in [0.15, 0.2) is 18.2 Å². The van der Waals surface area contributed by atoms with E-state index in [1.54, 1.807) is 6.92 Å². The molecule has 2 aromatic rings. The van der Waals surface area contributed by atoms with Gasteiger partial charge < -0.3 is 45.1 Å². The first-order valence-corrected chi connectivity index (χ1v) is 13.4. The van der Waals surface area contributed by atoms with Crippen LogP contribution >= 0.6 is 0 Å². The van der Waals surface area contributed by atoms with Gasteiger partial charge in [0.2, 0.25) is 11.7 Å². The molecule has 0 saturated carbocycles. The largest absolute Gasteiger partial charge is 0.507 e. The number of carbonyl (C=O) groups is 3. The quantitative estimate of drug-likeness (QED) is 0.231. The van der Waals surface area contributed by atoms with Crippen molar-refractivity contribution in [3.8, 4) is 17.2 Å². The third-order valence-corrected chi connectivity index (χ3v) is 8.14. The number of ketones is 2. The summed E-state index contributed by atoms with van der Waals surface area (Å²) in [6, 6.07) is 3.75. The molecule has 12 heteroatoms. The number of nitrogens with one attached hydrogen (secondary N) is 1. The second-order valence-corrected chi connectivity index (χ2v) is 10.9. The minimum atomic E-state index is -1.61. The maximum atomic E-state index is 13.7. The zero-order valence-electron chi connectivity index (χ0n) is 22.8. The Morgan fingerprint density at radius 1 is 1.15 bits per heavy atom. The maximum absolute atomic E-state index is 13.7. The highest BCUT2D eigenvalue weighted by Crippen LogP contribution is 2.52. The fraction of sp³-hybridized carbons (Fsp3) is 0.483. The molecule has 1 saturated heterocycles. The van der Waals surface area contributed by atoms with Gasteiger partial charge in [-0.1, -0.05) is 12.1 Å². The van der Waals surface area contributed by atoms with Crippen LogP contribution in [0.2, 0.25) is 0 Å². The number of fused-ring (bicyclic) bond motifs is 3. The molecule has 6 unspecified atom stereocenters. The van der Waals surface area contributed by atoms with Crippen LogP contribution in [-0.4, -0.2) is 86.9 Å². The van der Waals surface area contributed by atoms with Gasteiger partial charge in [-0.3, -0.25) is 14.4 Å². The molecular formula is C29H33NO11. The first-order valence-electron chi connectivity index (χ1n) is 13.4. The number of aliphatic hydroxyl groups is 3. The molecule has 6 N–H and O–H groups in total. The molecule has 0 spiro atoms. The van der Waals surface area contributed by atoms with E-state index in [2.05, 4.69) is 5.32 Å². The van der Waals surface area contributed by atoms with Crippen LogP contribution < -0.4 is 10.1 Å². The minimum absolute atomic E-state index is 0.00168. The highest BCUT2D eigenvalue weighted by molar-refractivity contribution is 6.31. The maximum Gasteiger partial charge on any atom is 0.217 e. The van der Waals surface area contributed by atoms with E-state index in [9.17, 15) is 39.9 Å². The number of amides is 1. The van der Waals surface area contributed by atoms with Crippen molar-refractivity contribution in [2.45, 2.75) is 75.8 Å². The lowest BCUT2D eigenvalue weighted by Gasteiger charge is -2.43. The van der Waals surface area contributed by atoms with Gasteiger partial charge in [0, 0.05) is 49.5 Å². The summed E-state index contributed by atoms with van der Waals surface area (Å²) in [6.07, 6.45) is -4.45. The second kappa shape index (κ2) is 10.7. The van der Waals surface area contributed by atoms with E-state index in [1.165, 1.54) is 32.2 Å². The fourth-order valence-electron chi connectivity index (χ4n) is 6.23. The molecule has 6 atom stereocenters. The van der Waals surface area contributed by atoms with Crippen LogP contribution in [-0.2, 0) is 20.7 Å². The number of methoxy groups -OCH3 is 1. The smallest absolute Gasteiger partial charge is 0.217 e. The van der Waals surface area contributed by atoms with Crippen molar-refractivity contribution >= 4 is 17.5 Å². The molecule has 2 aromatic carbocycles. The first-order chi connectivity index (χ1) is 19.4. The van der Waals surface area contributed by atoms with Crippen LogP contribution in [0, 0.1) is 0 Å². The number of phenolic OH excluding ortho intramolecular Hbond substituents is 2. The molecule has 1 amide bonds. The number of hydrogen-bond donors (Lipinski definition) is 6. The Morgan fingerprint density at radius 3 is 2.51 bits per heavy atom. The topological polar surface area (TPSA) is 192 Å². The number of benzene rings is 2. The number of phenols is 2. The van der Waals surface area contributed by atoms with Crippen molar-refractivity contribution in [2.24, 2.45) is 0 Å². The molecule has 0 radical (unpaired) electrons. The molecule has 1 fully saturated rings. The van der Waals surface area contributed by atoms with E-state index in [0.29, 0.717) is 0 Å². The van der Waals surface area contributed by atoms with E-state index in [-0.39, 0.29) is 59.6 Å². The van der Waals surface area contributed by atoms with Gasteiger partial charge in [0.1, 0.15) is 23.4 Å². The highest BCUT2D eigenvalue weighted by atomic mass is 16.7. The molecule has 0 bridgehead atoms. The van der Waals surface area contributed by atoms with Crippen LogP contribution in [0.3, 0.4) is 0 Å². The number of rotatable bonds is 6. The summed E-state index contributed by atoms with van der Waals surface area (Å²) in [6.45, 7) is 2.51. The van der Waals surface area contributed by atoms with E-state index >= 15 is 0 Å². The van der Waals surface area contributed by atoms with Crippen molar-refractivity contribution in [2.75, 3.05) is 13.7 Å². The summed E-state index contributed by atoms with van der Waals surface area (Å²) < 4.78 is 17.3. The Morgan fingerprint density at radius 2 is 1.85 bits per heavy atom. The van der Waals surface area contributed by atoms with Crippen molar-refractivity contribution in [3.63, 3.8) is 0 Å². The van der Waals surface area contributed by atoms with Crippen LogP contribution in [0.4, 0.5) is 0 Å². The Hall–Kier alpha value is -3.55. The number of hydrogen-bond acceptors (Lipinski definition) is 11. The molecule has 1 heterocycles. The number of aromatic hydroxyl groups is 2. The molecule has 220 valence electrons. The predicted molar refractivity (Wildman–Crippen MR) is 141 cm³/mol. The van der Waals surface area contributed by atoms with E-state index in [1.807, 2.05) is 0 Å². The number of ether oxygens (including phenoxy) is 3. The van der Waals surface area contributed by atoms with Gasteiger partial charge in [0.25, 0.3) is 0 Å². The third kappa shape index (κ3) is 4.85. The van der Waals surface area contributed by atoms with Crippen molar-refractivity contribution in [3.05, 3.63) is 51.6 Å². The molecular weight excluding hydrogens is 538 g/mol. The summed E-state index contributed by atoms with van der Waals surface area (Å²) in [7, 11) is 1.34. The van der Waals surface area contributed by atoms with E-state index < -0.39 is 77.0 Å². The van der Waals surface area contributed by atoms with Crippen molar-refractivity contribution in [1.29, 1.82) is 0 Å². The van der Waals surface area contributed by atoms with Gasteiger partial charge in [-0.2, -0.15) is 0 Å². The van der Waals surface area contributed by atoms with Gasteiger partial charge in [0.05, 0.1) is 47.7 Å². The first kappa shape index (κ1) is 29.0. The van der Waals surface area contributed by atoms with Crippen LogP contribution in [0.25, 0.3) is 0 Å². The van der Waals surface area contributed by atoms with E-state index in [0.717, 1.165) is 0 Å². The Balaban J connectivity index is 1.63. The van der Waals surface area contributed by atoms with Crippen molar-refractivity contribution in [1.82, 2.24) is 5.32 Å². The van der Waals surface area contributed by atoms with Gasteiger partial charge in [-0.05, 0) is 19.4 Å². The molecule has 1 aliphatic heterocycles. The average molecular weight is 572 g/mol. The van der Waals surface area contributed by atoms with Crippen LogP contribution in [0.5, 0.6) is 17.2 Å². The molecule has 0 aromatic heterocycles. The van der Waals surface area contributed by atoms with Gasteiger partial charge >= 0.3 is 0 Å². The van der Waals surface area contributed by atoms with Crippen molar-refractivity contribution < 1.29 is 54.1 Å². The molecule has 3 aliphatic rings. The highest BCUT2D eigenvalue weighted by Gasteiger charge is 2.48. The molecule has 41 heavy (non-hydrogen) atoms. The minimum Gasteiger partial charge on any atom is -0.507 e. The fourth-order valence-corrected chi connectivity index (χ4v) is 6.23. The Kier molecular flexibility index (Phi) is 7.55. The zero-order chi connectivity index (χ0) is 29.8. The standard InChI is InChI=1S/C29H33NO11/c1-12-24(33)16(30-13(2)32)9-19(40-12)41-18-11-29(38,7-8-31)10-15-21(18)28(37)23-22(26(15)35)25(34)14-5-4-6-17(39-3)20(14)27(23)36/h4-6,12,16,18-19,24,31,33,35,37-38H,7-11H2,1-3H3,(H,30,32). The summed E-state index contributed by atoms with van der Waals surface area (Å²) in [5, 5.41) is 57.2. The lowest BCUT2D eigenvalue weighted by molar-refractivity contribution is -0.250. The normalized spacial score (nSPS) is 28.9. The molecule has 5 rings (SSSR count). The van der Waals surface area contributed by atoms with Gasteiger partial charge in [0.15, 0.2) is 12.1 Å². The Labute approximate surface area is 235 Å².